The van der Waals surface area contributed by atoms with Crippen molar-refractivity contribution in [1.29, 1.82) is 0 Å². The zero-order valence-electron chi connectivity index (χ0n) is 11.1. The van der Waals surface area contributed by atoms with Gasteiger partial charge in [0.25, 0.3) is 0 Å². The smallest absolute Gasteiger partial charge is 0.354 e. The van der Waals surface area contributed by atoms with E-state index in [2.05, 4.69) is 20.7 Å². The number of nitrogen functional groups attached to an aromatic ring is 1. The second-order valence-electron chi connectivity index (χ2n) is 4.21. The van der Waals surface area contributed by atoms with Crippen LogP contribution in [0.25, 0.3) is 0 Å². The van der Waals surface area contributed by atoms with E-state index in [1.165, 1.54) is 6.33 Å². The molecule has 2 rings (SSSR count). The molecular formula is C12H13ClN6O2. The monoisotopic (exact) mass is 308 g/mol. The molecule has 9 heteroatoms. The maximum Gasteiger partial charge on any atom is 0.354 e. The maximum absolute atomic E-state index is 11.2. The lowest BCUT2D eigenvalue weighted by Crippen LogP contribution is -2.15. The molecule has 0 bridgehead atoms. The van der Waals surface area contributed by atoms with E-state index >= 15 is 0 Å². The standard InChI is InChI=1S/C12H13ClN6O2/c1-7(8-4-2-3-5-9(8)13)17-11-10(19(20)21)12(18-14)16-6-15-11/h2-7H,14H2,1H3,(H2,15,16,17,18). The van der Waals surface area contributed by atoms with E-state index < -0.39 is 4.92 Å². The van der Waals surface area contributed by atoms with Crippen LogP contribution in [0.1, 0.15) is 18.5 Å². The summed E-state index contributed by atoms with van der Waals surface area (Å²) in [5, 5.41) is 14.7. The van der Waals surface area contributed by atoms with Crippen LogP contribution in [0.4, 0.5) is 17.3 Å². The molecule has 0 aliphatic heterocycles. The Hall–Kier alpha value is -2.45. The summed E-state index contributed by atoms with van der Waals surface area (Å²) in [6.07, 6.45) is 1.18. The molecule has 4 N–H and O–H groups in total. The van der Waals surface area contributed by atoms with E-state index in [1.54, 1.807) is 6.07 Å². The van der Waals surface area contributed by atoms with Gasteiger partial charge in [-0.3, -0.25) is 10.1 Å². The van der Waals surface area contributed by atoms with E-state index in [4.69, 9.17) is 17.4 Å². The number of nitrogens with zero attached hydrogens (tertiary/aromatic N) is 3. The van der Waals surface area contributed by atoms with Gasteiger partial charge in [-0.05, 0) is 18.6 Å². The van der Waals surface area contributed by atoms with Crippen LogP contribution in [0.3, 0.4) is 0 Å². The average Bonchev–Trinajstić information content (AvgIpc) is 2.46. The Morgan fingerprint density at radius 1 is 1.33 bits per heavy atom. The Bertz CT molecular complexity index is 666. The van der Waals surface area contributed by atoms with Crippen molar-refractivity contribution in [2.45, 2.75) is 13.0 Å². The van der Waals surface area contributed by atoms with E-state index in [-0.39, 0.29) is 23.4 Å². The molecule has 8 nitrogen and oxygen atoms in total. The minimum absolute atomic E-state index is 0.0652. The van der Waals surface area contributed by atoms with E-state index in [9.17, 15) is 10.1 Å². The van der Waals surface area contributed by atoms with Crippen molar-refractivity contribution in [1.82, 2.24) is 9.97 Å². The molecule has 0 spiro atoms. The highest BCUT2D eigenvalue weighted by Gasteiger charge is 2.24. The number of halogens is 1. The van der Waals surface area contributed by atoms with Crippen molar-refractivity contribution in [3.05, 3.63) is 51.3 Å². The first-order chi connectivity index (χ1) is 10.0. The van der Waals surface area contributed by atoms with Gasteiger partial charge in [0.05, 0.1) is 11.0 Å². The first-order valence-corrected chi connectivity index (χ1v) is 6.39. The third-order valence-electron chi connectivity index (χ3n) is 2.87. The first-order valence-electron chi connectivity index (χ1n) is 6.01. The molecule has 0 saturated heterocycles. The third kappa shape index (κ3) is 3.18. The van der Waals surface area contributed by atoms with Crippen LogP contribution in [0.15, 0.2) is 30.6 Å². The molecule has 21 heavy (non-hydrogen) atoms. The summed E-state index contributed by atoms with van der Waals surface area (Å²) in [5.74, 6) is 5.23. The topological polar surface area (TPSA) is 119 Å². The quantitative estimate of drug-likeness (QED) is 0.441. The van der Waals surface area contributed by atoms with Crippen molar-refractivity contribution >= 4 is 28.9 Å². The molecule has 1 atom stereocenters. The van der Waals surface area contributed by atoms with Gasteiger partial charge in [0.1, 0.15) is 6.33 Å². The number of nitro groups is 1. The highest BCUT2D eigenvalue weighted by atomic mass is 35.5. The zero-order chi connectivity index (χ0) is 15.4. The Labute approximate surface area is 125 Å². The summed E-state index contributed by atoms with van der Waals surface area (Å²) in [6, 6.07) is 6.94. The SMILES string of the molecule is CC(Nc1ncnc(NN)c1[N+](=O)[O-])c1ccccc1Cl. The minimum atomic E-state index is -0.600. The van der Waals surface area contributed by atoms with Gasteiger partial charge < -0.3 is 10.7 Å². The lowest BCUT2D eigenvalue weighted by atomic mass is 10.1. The maximum atomic E-state index is 11.2. The Morgan fingerprint density at radius 2 is 2.00 bits per heavy atom. The highest BCUT2D eigenvalue weighted by Crippen LogP contribution is 2.32. The van der Waals surface area contributed by atoms with Crippen molar-refractivity contribution in [2.24, 2.45) is 5.84 Å². The molecule has 2 aromatic rings. The van der Waals surface area contributed by atoms with E-state index in [1.807, 2.05) is 25.1 Å². The van der Waals surface area contributed by atoms with E-state index in [0.717, 1.165) is 5.56 Å². The number of rotatable bonds is 5. The molecule has 0 radical (unpaired) electrons. The van der Waals surface area contributed by atoms with Crippen molar-refractivity contribution < 1.29 is 4.92 Å². The van der Waals surface area contributed by atoms with Gasteiger partial charge in [0.2, 0.25) is 11.6 Å². The van der Waals surface area contributed by atoms with Gasteiger partial charge in [-0.15, -0.1) is 0 Å². The van der Waals surface area contributed by atoms with Crippen LogP contribution in [-0.2, 0) is 0 Å². The number of aromatic nitrogens is 2. The fourth-order valence-corrected chi connectivity index (χ4v) is 2.17. The van der Waals surface area contributed by atoms with Gasteiger partial charge in [-0.1, -0.05) is 29.8 Å². The van der Waals surface area contributed by atoms with Crippen molar-refractivity contribution in [3.63, 3.8) is 0 Å². The number of nitrogens with one attached hydrogen (secondary N) is 2. The lowest BCUT2D eigenvalue weighted by molar-refractivity contribution is -0.383. The Morgan fingerprint density at radius 3 is 2.62 bits per heavy atom. The summed E-state index contributed by atoms with van der Waals surface area (Å²) < 4.78 is 0. The zero-order valence-corrected chi connectivity index (χ0v) is 11.8. The van der Waals surface area contributed by atoms with Gasteiger partial charge in [0.15, 0.2) is 0 Å². The second kappa shape index (κ2) is 6.33. The number of nitrogens with two attached hydrogens (primary N) is 1. The largest absolute Gasteiger partial charge is 0.358 e. The molecule has 0 saturated carbocycles. The molecule has 1 aromatic carbocycles. The predicted octanol–water partition coefficient (Wildman–Crippen LogP) is 2.50. The predicted molar refractivity (Wildman–Crippen MR) is 80.0 cm³/mol. The average molecular weight is 309 g/mol. The summed E-state index contributed by atoms with van der Waals surface area (Å²) in [6.45, 7) is 1.82. The first kappa shape index (κ1) is 14.9. The van der Waals surface area contributed by atoms with Crippen LogP contribution >= 0.6 is 11.6 Å². The number of benzene rings is 1. The van der Waals surface area contributed by atoms with Gasteiger partial charge >= 0.3 is 5.69 Å². The summed E-state index contributed by atoms with van der Waals surface area (Å²) in [5.41, 5.74) is 2.66. The molecule has 0 aliphatic carbocycles. The van der Waals surface area contributed by atoms with Gasteiger partial charge in [0, 0.05) is 5.02 Å². The molecule has 0 aliphatic rings. The molecule has 1 unspecified atom stereocenters. The molecule has 1 heterocycles. The van der Waals surface area contributed by atoms with Crippen LogP contribution in [0.2, 0.25) is 5.02 Å². The molecule has 110 valence electrons. The minimum Gasteiger partial charge on any atom is -0.358 e. The van der Waals surface area contributed by atoms with Gasteiger partial charge in [-0.25, -0.2) is 15.8 Å². The molecule has 0 fully saturated rings. The summed E-state index contributed by atoms with van der Waals surface area (Å²) in [7, 11) is 0. The Kier molecular flexibility index (Phi) is 4.51. The fourth-order valence-electron chi connectivity index (χ4n) is 1.87. The highest BCUT2D eigenvalue weighted by molar-refractivity contribution is 6.31. The van der Waals surface area contributed by atoms with Crippen LogP contribution in [0.5, 0.6) is 0 Å². The number of hydrogen-bond acceptors (Lipinski definition) is 7. The fraction of sp³-hybridized carbons (Fsp3) is 0.167. The third-order valence-corrected chi connectivity index (χ3v) is 3.21. The molecule has 0 amide bonds. The van der Waals surface area contributed by atoms with Gasteiger partial charge in [-0.2, -0.15) is 0 Å². The molecular weight excluding hydrogens is 296 g/mol. The normalized spacial score (nSPS) is 11.8. The molecule has 1 aromatic heterocycles. The van der Waals surface area contributed by atoms with Crippen LogP contribution in [-0.4, -0.2) is 14.9 Å². The van der Waals surface area contributed by atoms with Crippen molar-refractivity contribution in [3.8, 4) is 0 Å². The number of hydrogen-bond donors (Lipinski definition) is 3. The van der Waals surface area contributed by atoms with Crippen molar-refractivity contribution in [2.75, 3.05) is 10.7 Å². The lowest BCUT2D eigenvalue weighted by Gasteiger charge is -2.16. The number of hydrazine groups is 1. The number of anilines is 2. The summed E-state index contributed by atoms with van der Waals surface area (Å²) in [4.78, 5) is 18.2. The van der Waals surface area contributed by atoms with E-state index in [0.29, 0.717) is 5.02 Å². The summed E-state index contributed by atoms with van der Waals surface area (Å²) >= 11 is 6.11. The van der Waals surface area contributed by atoms with Crippen LogP contribution < -0.4 is 16.6 Å². The second-order valence-corrected chi connectivity index (χ2v) is 4.62. The van der Waals surface area contributed by atoms with Crippen LogP contribution in [0, 0.1) is 10.1 Å². The Balaban J connectivity index is 2.36.